The first-order chi connectivity index (χ1) is 8.31. The molecule has 0 radical (unpaired) electrons. The molecule has 1 fully saturated rings. The number of anilines is 1. The molecule has 1 aliphatic rings. The van der Waals surface area contributed by atoms with E-state index < -0.39 is 0 Å². The molecular weight excluding hydrogens is 220 g/mol. The number of aliphatic hydroxyl groups is 1. The number of rotatable bonds is 4. The molecule has 6 heteroatoms. The molecule has 17 heavy (non-hydrogen) atoms. The number of aliphatic hydroxyl groups excluding tert-OH is 1. The van der Waals surface area contributed by atoms with Crippen LogP contribution in [0.5, 0.6) is 0 Å². The molecule has 1 aromatic rings. The summed E-state index contributed by atoms with van der Waals surface area (Å²) in [7, 11) is 0. The Hall–Kier alpha value is -1.69. The molecule has 0 saturated carbocycles. The van der Waals surface area contributed by atoms with Crippen LogP contribution >= 0.6 is 0 Å². The highest BCUT2D eigenvalue weighted by molar-refractivity contribution is 5.79. The molecule has 6 nitrogen and oxygen atoms in total. The fraction of sp³-hybridized carbons (Fsp3) is 0.545. The van der Waals surface area contributed by atoms with Crippen LogP contribution < -0.4 is 10.2 Å². The van der Waals surface area contributed by atoms with Gasteiger partial charge in [0.1, 0.15) is 0 Å². The van der Waals surface area contributed by atoms with Gasteiger partial charge in [0.25, 0.3) is 0 Å². The van der Waals surface area contributed by atoms with Crippen molar-refractivity contribution < 1.29 is 9.90 Å². The number of nitrogens with zero attached hydrogens (tertiary/aromatic N) is 3. The van der Waals surface area contributed by atoms with Gasteiger partial charge in [0.15, 0.2) is 0 Å². The Morgan fingerprint density at radius 1 is 1.53 bits per heavy atom. The van der Waals surface area contributed by atoms with Gasteiger partial charge in [0, 0.05) is 32.0 Å². The van der Waals surface area contributed by atoms with Crippen molar-refractivity contribution in [3.8, 4) is 0 Å². The maximum atomic E-state index is 11.7. The van der Waals surface area contributed by atoms with Crippen LogP contribution in [0, 0.1) is 5.92 Å². The Kier molecular flexibility index (Phi) is 3.87. The Bertz CT molecular complexity index is 371. The quantitative estimate of drug-likeness (QED) is 0.730. The van der Waals surface area contributed by atoms with Crippen molar-refractivity contribution in [3.63, 3.8) is 0 Å². The van der Waals surface area contributed by atoms with Crippen molar-refractivity contribution in [2.75, 3.05) is 31.1 Å². The van der Waals surface area contributed by atoms with E-state index in [0.29, 0.717) is 19.0 Å². The van der Waals surface area contributed by atoms with Crippen LogP contribution in [-0.2, 0) is 4.79 Å². The van der Waals surface area contributed by atoms with Crippen molar-refractivity contribution >= 4 is 11.9 Å². The van der Waals surface area contributed by atoms with Crippen molar-refractivity contribution in [1.29, 1.82) is 0 Å². The summed E-state index contributed by atoms with van der Waals surface area (Å²) in [5, 5.41) is 11.3. The predicted octanol–water partition coefficient (Wildman–Crippen LogP) is -0.589. The van der Waals surface area contributed by atoms with Gasteiger partial charge in [-0.2, -0.15) is 0 Å². The van der Waals surface area contributed by atoms with Crippen molar-refractivity contribution in [3.05, 3.63) is 18.5 Å². The molecule has 0 bridgehead atoms. The summed E-state index contributed by atoms with van der Waals surface area (Å²) in [6, 6.07) is 1.77. The molecule has 1 amide bonds. The lowest BCUT2D eigenvalue weighted by molar-refractivity contribution is -0.124. The fourth-order valence-electron chi connectivity index (χ4n) is 1.93. The van der Waals surface area contributed by atoms with E-state index in [4.69, 9.17) is 5.11 Å². The first kappa shape index (κ1) is 11.8. The standard InChI is InChI=1S/C11H16N4O2/c16-7-5-12-10(17)9-2-6-15(8-9)11-13-3-1-4-14-11/h1,3-4,9,16H,2,5-8H2,(H,12,17)/t9-/m0/s1. The van der Waals surface area contributed by atoms with Gasteiger partial charge in [-0.25, -0.2) is 9.97 Å². The molecular formula is C11H16N4O2. The number of amides is 1. The minimum atomic E-state index is -0.0367. The zero-order valence-corrected chi connectivity index (χ0v) is 9.54. The molecule has 2 rings (SSSR count). The minimum Gasteiger partial charge on any atom is -0.395 e. The average molecular weight is 236 g/mol. The molecule has 2 heterocycles. The first-order valence-corrected chi connectivity index (χ1v) is 5.72. The first-order valence-electron chi connectivity index (χ1n) is 5.72. The topological polar surface area (TPSA) is 78.4 Å². The lowest BCUT2D eigenvalue weighted by atomic mass is 10.1. The molecule has 0 unspecified atom stereocenters. The number of carbonyl (C=O) groups is 1. The van der Waals surface area contributed by atoms with Crippen molar-refractivity contribution in [2.45, 2.75) is 6.42 Å². The van der Waals surface area contributed by atoms with Crippen LogP contribution in [0.25, 0.3) is 0 Å². The maximum Gasteiger partial charge on any atom is 0.225 e. The zero-order valence-electron chi connectivity index (χ0n) is 9.54. The molecule has 0 aromatic carbocycles. The number of hydrogen-bond donors (Lipinski definition) is 2. The van der Waals surface area contributed by atoms with Gasteiger partial charge in [0.05, 0.1) is 12.5 Å². The van der Waals surface area contributed by atoms with Gasteiger partial charge in [-0.05, 0) is 12.5 Å². The lowest BCUT2D eigenvalue weighted by Crippen LogP contribution is -2.34. The van der Waals surface area contributed by atoms with Crippen LogP contribution in [0.1, 0.15) is 6.42 Å². The van der Waals surface area contributed by atoms with Crippen LogP contribution in [0.4, 0.5) is 5.95 Å². The average Bonchev–Trinajstić information content (AvgIpc) is 2.86. The van der Waals surface area contributed by atoms with E-state index in [0.717, 1.165) is 13.0 Å². The summed E-state index contributed by atoms with van der Waals surface area (Å²) in [4.78, 5) is 22.0. The van der Waals surface area contributed by atoms with E-state index in [1.807, 2.05) is 4.90 Å². The van der Waals surface area contributed by atoms with Gasteiger partial charge in [-0.1, -0.05) is 0 Å². The van der Waals surface area contributed by atoms with Gasteiger partial charge < -0.3 is 15.3 Å². The molecule has 1 atom stereocenters. The van der Waals surface area contributed by atoms with E-state index >= 15 is 0 Å². The molecule has 0 spiro atoms. The van der Waals surface area contributed by atoms with E-state index in [-0.39, 0.29) is 18.4 Å². The smallest absolute Gasteiger partial charge is 0.225 e. The minimum absolute atomic E-state index is 0.00233. The highest BCUT2D eigenvalue weighted by atomic mass is 16.3. The third kappa shape index (κ3) is 2.91. The lowest BCUT2D eigenvalue weighted by Gasteiger charge is -2.15. The Balaban J connectivity index is 1.89. The van der Waals surface area contributed by atoms with E-state index in [1.54, 1.807) is 18.5 Å². The summed E-state index contributed by atoms with van der Waals surface area (Å²) >= 11 is 0. The SMILES string of the molecule is O=C(NCCO)[C@H]1CCN(c2ncccn2)C1. The van der Waals surface area contributed by atoms with Crippen LogP contribution in [0.15, 0.2) is 18.5 Å². The normalized spacial score (nSPS) is 19.4. The second kappa shape index (κ2) is 5.58. The van der Waals surface area contributed by atoms with E-state index in [2.05, 4.69) is 15.3 Å². The van der Waals surface area contributed by atoms with Gasteiger partial charge >= 0.3 is 0 Å². The van der Waals surface area contributed by atoms with Gasteiger partial charge in [0.2, 0.25) is 11.9 Å². The van der Waals surface area contributed by atoms with E-state index in [9.17, 15) is 4.79 Å². The molecule has 1 aliphatic heterocycles. The van der Waals surface area contributed by atoms with Crippen LogP contribution in [0.2, 0.25) is 0 Å². The molecule has 0 aliphatic carbocycles. The van der Waals surface area contributed by atoms with Crippen molar-refractivity contribution in [1.82, 2.24) is 15.3 Å². The number of carbonyl (C=O) groups excluding carboxylic acids is 1. The number of nitrogens with one attached hydrogen (secondary N) is 1. The number of aromatic nitrogens is 2. The van der Waals surface area contributed by atoms with Gasteiger partial charge in [-0.3, -0.25) is 4.79 Å². The molecule has 2 N–H and O–H groups in total. The van der Waals surface area contributed by atoms with Crippen LogP contribution in [-0.4, -0.2) is 47.2 Å². The third-order valence-corrected chi connectivity index (χ3v) is 2.81. The molecule has 1 aromatic heterocycles. The predicted molar refractivity (Wildman–Crippen MR) is 62.4 cm³/mol. The second-order valence-corrected chi connectivity index (χ2v) is 4.00. The summed E-state index contributed by atoms with van der Waals surface area (Å²) in [5.74, 6) is 0.632. The largest absolute Gasteiger partial charge is 0.395 e. The van der Waals surface area contributed by atoms with Crippen LogP contribution in [0.3, 0.4) is 0 Å². The fourth-order valence-corrected chi connectivity index (χ4v) is 1.93. The Morgan fingerprint density at radius 2 is 2.29 bits per heavy atom. The maximum absolute atomic E-state index is 11.7. The summed E-state index contributed by atoms with van der Waals surface area (Å²) < 4.78 is 0. The second-order valence-electron chi connectivity index (χ2n) is 4.00. The summed E-state index contributed by atoms with van der Waals surface area (Å²) in [6.45, 7) is 1.73. The third-order valence-electron chi connectivity index (χ3n) is 2.81. The Labute approximate surface area is 99.7 Å². The van der Waals surface area contributed by atoms with E-state index in [1.165, 1.54) is 0 Å². The zero-order chi connectivity index (χ0) is 12.1. The highest BCUT2D eigenvalue weighted by Gasteiger charge is 2.29. The summed E-state index contributed by atoms with van der Waals surface area (Å²) in [5.41, 5.74) is 0. The van der Waals surface area contributed by atoms with Gasteiger partial charge in [-0.15, -0.1) is 0 Å². The highest BCUT2D eigenvalue weighted by Crippen LogP contribution is 2.20. The Morgan fingerprint density at radius 3 is 3.00 bits per heavy atom. The number of hydrogen-bond acceptors (Lipinski definition) is 5. The molecule has 92 valence electrons. The van der Waals surface area contributed by atoms with Crippen molar-refractivity contribution in [2.24, 2.45) is 5.92 Å². The summed E-state index contributed by atoms with van der Waals surface area (Å²) in [6.07, 6.45) is 4.19. The monoisotopic (exact) mass is 236 g/mol. The molecule has 1 saturated heterocycles.